The molecule has 0 spiro atoms. The summed E-state index contributed by atoms with van der Waals surface area (Å²) in [5.41, 5.74) is 0.825. The molecule has 0 aliphatic heterocycles. The van der Waals surface area contributed by atoms with E-state index in [1.54, 1.807) is 20.3 Å². The Balaban J connectivity index is 2.21. The van der Waals surface area contributed by atoms with Gasteiger partial charge in [-0.2, -0.15) is 5.26 Å². The van der Waals surface area contributed by atoms with Crippen LogP contribution in [-0.2, 0) is 0 Å². The minimum atomic E-state index is 0.568. The molecule has 0 radical (unpaired) electrons. The van der Waals surface area contributed by atoms with Gasteiger partial charge in [-0.1, -0.05) is 11.3 Å². The molecule has 0 fully saturated rings. The number of benzene rings is 1. The van der Waals surface area contributed by atoms with E-state index in [-0.39, 0.29) is 0 Å². The molecule has 0 bridgehead atoms. The van der Waals surface area contributed by atoms with Gasteiger partial charge in [-0.3, -0.25) is 0 Å². The lowest BCUT2D eigenvalue weighted by atomic mass is 10.3. The average Bonchev–Trinajstić information content (AvgIpc) is 2.86. The van der Waals surface area contributed by atoms with Gasteiger partial charge < -0.3 is 14.8 Å². The Morgan fingerprint density at radius 2 is 2.06 bits per heavy atom. The van der Waals surface area contributed by atoms with Crippen molar-refractivity contribution >= 4 is 22.2 Å². The molecule has 2 rings (SSSR count). The first-order valence-electron chi connectivity index (χ1n) is 5.12. The van der Waals surface area contributed by atoms with Gasteiger partial charge in [0.25, 0.3) is 0 Å². The number of nitriles is 1. The summed E-state index contributed by atoms with van der Waals surface area (Å²) in [6.45, 7) is 0. The van der Waals surface area contributed by atoms with Crippen molar-refractivity contribution in [1.82, 2.24) is 4.98 Å². The molecule has 0 saturated heterocycles. The minimum absolute atomic E-state index is 0.568. The van der Waals surface area contributed by atoms with E-state index < -0.39 is 0 Å². The lowest BCUT2D eigenvalue weighted by molar-refractivity contribution is 0.355. The van der Waals surface area contributed by atoms with E-state index in [1.807, 2.05) is 18.2 Å². The molecule has 2 aromatic rings. The highest BCUT2D eigenvalue weighted by molar-refractivity contribution is 7.16. The number of hydrogen-bond acceptors (Lipinski definition) is 6. The van der Waals surface area contributed by atoms with Crippen LogP contribution in [0.25, 0.3) is 0 Å². The van der Waals surface area contributed by atoms with Crippen molar-refractivity contribution in [1.29, 1.82) is 5.26 Å². The maximum Gasteiger partial charge on any atom is 0.188 e. The molecule has 18 heavy (non-hydrogen) atoms. The highest BCUT2D eigenvalue weighted by atomic mass is 32.1. The molecule has 0 aliphatic rings. The Kier molecular flexibility index (Phi) is 3.65. The highest BCUT2D eigenvalue weighted by Crippen LogP contribution is 2.31. The van der Waals surface area contributed by atoms with Crippen LogP contribution in [0.15, 0.2) is 24.4 Å². The molecule has 0 aliphatic carbocycles. The second kappa shape index (κ2) is 5.38. The van der Waals surface area contributed by atoms with Crippen LogP contribution >= 0.6 is 11.3 Å². The average molecular weight is 261 g/mol. The second-order valence-corrected chi connectivity index (χ2v) is 4.37. The third kappa shape index (κ3) is 2.52. The fourth-order valence-corrected chi connectivity index (χ4v) is 2.05. The molecule has 1 aromatic carbocycles. The Morgan fingerprint density at radius 3 is 2.67 bits per heavy atom. The van der Waals surface area contributed by atoms with Crippen LogP contribution in [0, 0.1) is 11.3 Å². The number of nitrogens with one attached hydrogen (secondary N) is 1. The SMILES string of the molecule is COc1ccc(Nc2ncc(C#N)s2)cc1OC. The minimum Gasteiger partial charge on any atom is -0.493 e. The first kappa shape index (κ1) is 12.2. The summed E-state index contributed by atoms with van der Waals surface area (Å²) in [7, 11) is 3.17. The monoisotopic (exact) mass is 261 g/mol. The maximum atomic E-state index is 8.72. The second-order valence-electron chi connectivity index (χ2n) is 3.34. The topological polar surface area (TPSA) is 67.2 Å². The molecular weight excluding hydrogens is 250 g/mol. The smallest absolute Gasteiger partial charge is 0.188 e. The molecule has 92 valence electrons. The van der Waals surface area contributed by atoms with Crippen molar-refractivity contribution in [3.8, 4) is 17.6 Å². The van der Waals surface area contributed by atoms with Gasteiger partial charge in [0, 0.05) is 11.8 Å². The molecule has 1 heterocycles. The van der Waals surface area contributed by atoms with Gasteiger partial charge in [-0.05, 0) is 12.1 Å². The van der Waals surface area contributed by atoms with Crippen LogP contribution in [0.4, 0.5) is 10.8 Å². The number of hydrogen-bond donors (Lipinski definition) is 1. The summed E-state index contributed by atoms with van der Waals surface area (Å²) < 4.78 is 10.4. The van der Waals surface area contributed by atoms with E-state index in [9.17, 15) is 0 Å². The van der Waals surface area contributed by atoms with Crippen molar-refractivity contribution in [3.63, 3.8) is 0 Å². The van der Waals surface area contributed by atoms with E-state index in [1.165, 1.54) is 17.5 Å². The molecule has 6 heteroatoms. The fourth-order valence-electron chi connectivity index (χ4n) is 1.42. The molecular formula is C12H11N3O2S. The van der Waals surface area contributed by atoms with Crippen molar-refractivity contribution in [2.45, 2.75) is 0 Å². The van der Waals surface area contributed by atoms with E-state index in [2.05, 4.69) is 10.3 Å². The van der Waals surface area contributed by atoms with Gasteiger partial charge in [0.15, 0.2) is 16.6 Å². The van der Waals surface area contributed by atoms with Crippen LogP contribution < -0.4 is 14.8 Å². The lowest BCUT2D eigenvalue weighted by Gasteiger charge is -2.09. The third-order valence-corrected chi connectivity index (χ3v) is 3.07. The summed E-state index contributed by atoms with van der Waals surface area (Å²) in [5.74, 6) is 1.31. The van der Waals surface area contributed by atoms with Gasteiger partial charge in [0.05, 0.1) is 20.4 Å². The fraction of sp³-hybridized carbons (Fsp3) is 0.167. The summed E-state index contributed by atoms with van der Waals surface area (Å²) in [6, 6.07) is 7.52. The summed E-state index contributed by atoms with van der Waals surface area (Å²) in [4.78, 5) is 4.66. The van der Waals surface area contributed by atoms with Gasteiger partial charge in [-0.15, -0.1) is 0 Å². The number of thiazole rings is 1. The Hall–Kier alpha value is -2.26. The van der Waals surface area contributed by atoms with E-state index in [0.717, 1.165) is 5.69 Å². The lowest BCUT2D eigenvalue weighted by Crippen LogP contribution is -1.93. The molecule has 0 saturated carbocycles. The Morgan fingerprint density at radius 1 is 1.28 bits per heavy atom. The van der Waals surface area contributed by atoms with Gasteiger partial charge >= 0.3 is 0 Å². The van der Waals surface area contributed by atoms with Crippen LogP contribution in [-0.4, -0.2) is 19.2 Å². The quantitative estimate of drug-likeness (QED) is 0.916. The normalized spacial score (nSPS) is 9.61. The van der Waals surface area contributed by atoms with Crippen LogP contribution in [0.3, 0.4) is 0 Å². The summed E-state index contributed by atoms with van der Waals surface area (Å²) >= 11 is 1.30. The zero-order valence-corrected chi connectivity index (χ0v) is 10.7. The molecule has 0 amide bonds. The number of nitrogens with zero attached hydrogens (tertiary/aromatic N) is 2. The molecule has 5 nitrogen and oxygen atoms in total. The maximum absolute atomic E-state index is 8.72. The third-order valence-electron chi connectivity index (χ3n) is 2.25. The predicted octanol–water partition coefficient (Wildman–Crippen LogP) is 2.78. The van der Waals surface area contributed by atoms with Gasteiger partial charge in [-0.25, -0.2) is 4.98 Å². The van der Waals surface area contributed by atoms with Crippen LogP contribution in [0.2, 0.25) is 0 Å². The molecule has 1 aromatic heterocycles. The van der Waals surface area contributed by atoms with Crippen molar-refractivity contribution < 1.29 is 9.47 Å². The molecule has 0 unspecified atom stereocenters. The van der Waals surface area contributed by atoms with Gasteiger partial charge in [0.2, 0.25) is 0 Å². The van der Waals surface area contributed by atoms with Crippen molar-refractivity contribution in [2.75, 3.05) is 19.5 Å². The zero-order chi connectivity index (χ0) is 13.0. The Labute approximate surface area is 109 Å². The Bertz CT molecular complexity index is 589. The van der Waals surface area contributed by atoms with E-state index in [0.29, 0.717) is 21.5 Å². The van der Waals surface area contributed by atoms with Gasteiger partial charge in [0.1, 0.15) is 10.9 Å². The summed E-state index contributed by atoms with van der Waals surface area (Å²) in [6.07, 6.45) is 1.54. The van der Waals surface area contributed by atoms with Crippen LogP contribution in [0.1, 0.15) is 4.88 Å². The molecule has 1 N–H and O–H groups in total. The number of methoxy groups -OCH3 is 2. The first-order chi connectivity index (χ1) is 8.76. The predicted molar refractivity (Wildman–Crippen MR) is 69.7 cm³/mol. The van der Waals surface area contributed by atoms with Crippen molar-refractivity contribution in [3.05, 3.63) is 29.3 Å². The first-order valence-corrected chi connectivity index (χ1v) is 5.93. The number of aromatic nitrogens is 1. The standard InChI is InChI=1S/C12H11N3O2S/c1-16-10-4-3-8(5-11(10)17-2)15-12-14-7-9(6-13)18-12/h3-5,7H,1-2H3,(H,14,15). The summed E-state index contributed by atoms with van der Waals surface area (Å²) in [5, 5.41) is 12.5. The van der Waals surface area contributed by atoms with Crippen LogP contribution in [0.5, 0.6) is 11.5 Å². The van der Waals surface area contributed by atoms with Crippen molar-refractivity contribution in [2.24, 2.45) is 0 Å². The number of rotatable bonds is 4. The number of anilines is 2. The highest BCUT2D eigenvalue weighted by Gasteiger charge is 2.06. The van der Waals surface area contributed by atoms with E-state index in [4.69, 9.17) is 14.7 Å². The number of ether oxygens (including phenoxy) is 2. The van der Waals surface area contributed by atoms with E-state index >= 15 is 0 Å². The molecule has 0 atom stereocenters. The largest absolute Gasteiger partial charge is 0.493 e. The zero-order valence-electron chi connectivity index (χ0n) is 9.93.